The van der Waals surface area contributed by atoms with Crippen molar-refractivity contribution in [1.82, 2.24) is 9.58 Å². The number of aromatic nitrogens is 1. The number of carbonyl (C=O) groups is 2. The highest BCUT2D eigenvalue weighted by molar-refractivity contribution is 6.09. The van der Waals surface area contributed by atoms with Crippen molar-refractivity contribution in [3.05, 3.63) is 70.1 Å². The third-order valence-corrected chi connectivity index (χ3v) is 5.25. The van der Waals surface area contributed by atoms with Gasteiger partial charge in [0.1, 0.15) is 12.2 Å². The molecule has 0 unspecified atom stereocenters. The lowest BCUT2D eigenvalue weighted by Gasteiger charge is -2.37. The summed E-state index contributed by atoms with van der Waals surface area (Å²) in [6.07, 6.45) is 1.28. The Labute approximate surface area is 178 Å². The number of fused-ring (bicyclic) bond motifs is 2. The molecule has 0 aliphatic carbocycles. The predicted molar refractivity (Wildman–Crippen MR) is 116 cm³/mol. The Morgan fingerprint density at radius 1 is 1.16 bits per heavy atom. The van der Waals surface area contributed by atoms with Gasteiger partial charge in [-0.3, -0.25) is 24.1 Å². The number of hydrogen-bond acceptors (Lipinski definition) is 6. The normalized spacial score (nSPS) is 13.4. The first-order chi connectivity index (χ1) is 14.9. The van der Waals surface area contributed by atoms with Gasteiger partial charge in [-0.25, -0.2) is 0 Å². The molecule has 3 aromatic rings. The molecule has 160 valence electrons. The van der Waals surface area contributed by atoms with Crippen LogP contribution in [0.3, 0.4) is 0 Å². The van der Waals surface area contributed by atoms with Gasteiger partial charge in [0.2, 0.25) is 5.43 Å². The van der Waals surface area contributed by atoms with Crippen LogP contribution in [-0.2, 0) is 4.74 Å². The zero-order valence-electron chi connectivity index (χ0n) is 17.2. The smallest absolute Gasteiger partial charge is 0.277 e. The van der Waals surface area contributed by atoms with E-state index in [1.54, 1.807) is 24.2 Å². The van der Waals surface area contributed by atoms with Gasteiger partial charge in [0.05, 0.1) is 6.61 Å². The Kier molecular flexibility index (Phi) is 5.35. The summed E-state index contributed by atoms with van der Waals surface area (Å²) in [5.41, 5.74) is -0.810. The lowest BCUT2D eigenvalue weighted by Crippen LogP contribution is -2.53. The van der Waals surface area contributed by atoms with Crippen molar-refractivity contribution < 1.29 is 19.4 Å². The second-order valence-electron chi connectivity index (χ2n) is 7.25. The van der Waals surface area contributed by atoms with E-state index in [0.717, 1.165) is 10.8 Å². The van der Waals surface area contributed by atoms with Gasteiger partial charge in [-0.2, -0.15) is 0 Å². The molecule has 31 heavy (non-hydrogen) atoms. The summed E-state index contributed by atoms with van der Waals surface area (Å²) in [5.74, 6) is -1.94. The highest BCUT2D eigenvalue weighted by Gasteiger charge is 2.33. The van der Waals surface area contributed by atoms with Crippen molar-refractivity contribution >= 4 is 28.3 Å². The van der Waals surface area contributed by atoms with Gasteiger partial charge in [0, 0.05) is 38.0 Å². The van der Waals surface area contributed by atoms with Crippen LogP contribution in [0.5, 0.6) is 5.75 Å². The van der Waals surface area contributed by atoms with Crippen molar-refractivity contribution in [3.63, 3.8) is 0 Å². The van der Waals surface area contributed by atoms with E-state index >= 15 is 0 Å². The van der Waals surface area contributed by atoms with Crippen LogP contribution in [-0.4, -0.2) is 60.5 Å². The number of amides is 2. The monoisotopic (exact) mass is 422 g/mol. The Morgan fingerprint density at radius 3 is 2.68 bits per heavy atom. The topological polar surface area (TPSA) is 104 Å². The van der Waals surface area contributed by atoms with E-state index in [9.17, 15) is 19.5 Å². The van der Waals surface area contributed by atoms with Crippen molar-refractivity contribution in [1.29, 1.82) is 0 Å². The van der Waals surface area contributed by atoms with Crippen molar-refractivity contribution in [3.8, 4) is 5.75 Å². The number of methoxy groups -OCH3 is 1. The van der Waals surface area contributed by atoms with E-state index in [4.69, 9.17) is 4.74 Å². The maximum Gasteiger partial charge on any atom is 0.277 e. The Morgan fingerprint density at radius 2 is 1.90 bits per heavy atom. The summed E-state index contributed by atoms with van der Waals surface area (Å²) in [5, 5.41) is 16.7. The fourth-order valence-electron chi connectivity index (χ4n) is 3.65. The Balaban J connectivity index is 1.71. The van der Waals surface area contributed by atoms with E-state index in [2.05, 4.69) is 5.32 Å². The van der Waals surface area contributed by atoms with Gasteiger partial charge in [-0.15, -0.1) is 0 Å². The molecule has 0 spiro atoms. The molecule has 0 saturated carbocycles. The fraction of sp³-hybridized carbons (Fsp3) is 0.227. The third kappa shape index (κ3) is 3.59. The van der Waals surface area contributed by atoms with Gasteiger partial charge in [-0.05, 0) is 11.5 Å². The number of carbonyl (C=O) groups excluding carboxylic acids is 2. The number of anilines is 1. The van der Waals surface area contributed by atoms with Gasteiger partial charge in [0.25, 0.3) is 11.8 Å². The van der Waals surface area contributed by atoms with E-state index in [-0.39, 0.29) is 17.9 Å². The van der Waals surface area contributed by atoms with Crippen LogP contribution in [0, 0.1) is 0 Å². The molecule has 0 radical (unpaired) electrons. The summed E-state index contributed by atoms with van der Waals surface area (Å²) in [6, 6.07) is 13.0. The number of hydrogen-bond donors (Lipinski definition) is 2. The first kappa shape index (κ1) is 20.4. The molecule has 0 bridgehead atoms. The van der Waals surface area contributed by atoms with Gasteiger partial charge in [0.15, 0.2) is 11.4 Å². The average molecular weight is 422 g/mol. The standard InChI is InChI=1S/C22H22N4O5/c1-24-13-25(10-11-31-2)22(30)18-20(28)19(27)16(12-26(18)24)21(29)23-17-9-5-7-14-6-3-4-8-15(14)17/h3-9,12,28H,10-11,13H2,1-2H3,(H,23,29). The third-order valence-electron chi connectivity index (χ3n) is 5.25. The molecule has 2 aromatic carbocycles. The predicted octanol–water partition coefficient (Wildman–Crippen LogP) is 1.59. The molecule has 9 heteroatoms. The van der Waals surface area contributed by atoms with E-state index < -0.39 is 23.0 Å². The van der Waals surface area contributed by atoms with Crippen molar-refractivity contribution in [2.45, 2.75) is 0 Å². The second-order valence-corrected chi connectivity index (χ2v) is 7.25. The van der Waals surface area contributed by atoms with Crippen LogP contribution in [0.4, 0.5) is 5.69 Å². The molecule has 1 aliphatic heterocycles. The zero-order valence-corrected chi connectivity index (χ0v) is 17.2. The lowest BCUT2D eigenvalue weighted by atomic mass is 10.1. The molecule has 2 N–H and O–H groups in total. The summed E-state index contributed by atoms with van der Waals surface area (Å²) >= 11 is 0. The van der Waals surface area contributed by atoms with Crippen molar-refractivity contribution in [2.24, 2.45) is 0 Å². The van der Waals surface area contributed by atoms with Crippen LogP contribution in [0.15, 0.2) is 53.5 Å². The van der Waals surface area contributed by atoms with Crippen LogP contribution >= 0.6 is 0 Å². The van der Waals surface area contributed by atoms with Crippen LogP contribution < -0.4 is 15.8 Å². The SMILES string of the molecule is COCCN1CN(C)n2cc(C(=O)Nc3cccc4ccccc34)c(=O)c(O)c2C1=O. The number of aromatic hydroxyl groups is 1. The van der Waals surface area contributed by atoms with Crippen LogP contribution in [0.2, 0.25) is 0 Å². The minimum atomic E-state index is -0.903. The first-order valence-electron chi connectivity index (χ1n) is 9.69. The first-order valence-corrected chi connectivity index (χ1v) is 9.69. The summed E-state index contributed by atoms with van der Waals surface area (Å²) in [7, 11) is 3.21. The van der Waals surface area contributed by atoms with Crippen molar-refractivity contribution in [2.75, 3.05) is 44.3 Å². The molecule has 9 nitrogen and oxygen atoms in total. The maximum absolute atomic E-state index is 12.9. The summed E-state index contributed by atoms with van der Waals surface area (Å²) in [4.78, 5) is 40.0. The number of pyridine rings is 1. The zero-order chi connectivity index (χ0) is 22.1. The lowest BCUT2D eigenvalue weighted by molar-refractivity contribution is 0.0629. The quantitative estimate of drug-likeness (QED) is 0.647. The van der Waals surface area contributed by atoms with Crippen LogP contribution in [0.1, 0.15) is 20.8 Å². The number of benzene rings is 2. The number of rotatable bonds is 5. The number of nitrogens with zero attached hydrogens (tertiary/aromatic N) is 3. The van der Waals surface area contributed by atoms with Gasteiger partial charge >= 0.3 is 0 Å². The molecule has 2 amide bonds. The molecule has 4 rings (SSSR count). The molecule has 1 aromatic heterocycles. The highest BCUT2D eigenvalue weighted by Crippen LogP contribution is 2.24. The minimum Gasteiger partial charge on any atom is -0.502 e. The highest BCUT2D eigenvalue weighted by atomic mass is 16.5. The average Bonchev–Trinajstić information content (AvgIpc) is 2.77. The molecular formula is C22H22N4O5. The van der Waals surface area contributed by atoms with E-state index in [1.807, 2.05) is 30.3 Å². The molecule has 0 saturated heterocycles. The molecular weight excluding hydrogens is 400 g/mol. The molecule has 0 atom stereocenters. The fourth-order valence-corrected chi connectivity index (χ4v) is 3.65. The Bertz CT molecular complexity index is 1230. The number of ether oxygens (including phenoxy) is 1. The van der Waals surface area contributed by atoms with E-state index in [0.29, 0.717) is 18.8 Å². The number of nitrogens with one attached hydrogen (secondary N) is 1. The summed E-state index contributed by atoms with van der Waals surface area (Å²) in [6.45, 7) is 0.828. The molecule has 0 fully saturated rings. The molecule has 1 aliphatic rings. The van der Waals surface area contributed by atoms with Gasteiger partial charge < -0.3 is 20.1 Å². The Hall–Kier alpha value is -3.85. The second kappa shape index (κ2) is 8.11. The van der Waals surface area contributed by atoms with Gasteiger partial charge in [-0.1, -0.05) is 36.4 Å². The summed E-state index contributed by atoms with van der Waals surface area (Å²) < 4.78 is 6.35. The van der Waals surface area contributed by atoms with E-state index in [1.165, 1.54) is 22.9 Å². The minimum absolute atomic E-state index is 0.184. The largest absolute Gasteiger partial charge is 0.502 e. The maximum atomic E-state index is 12.9. The van der Waals surface area contributed by atoms with Crippen LogP contribution in [0.25, 0.3) is 10.8 Å². The molecule has 2 heterocycles.